The van der Waals surface area contributed by atoms with E-state index in [1.165, 1.54) is 26.1 Å². The molecule has 196 valence electrons. The molecule has 2 atom stereocenters. The second-order valence-corrected chi connectivity index (χ2v) is 11.2. The SMILES string of the molecule is Cc1ccc(OCC2CC2)c(-c2ncnc3c(C(=O)NC4CN(C(=O)[C@H](C)O)CC4(C)C)c(C)[nH]c23)c1. The second kappa shape index (κ2) is 9.45. The molecular weight excluding hydrogens is 470 g/mol. The Morgan fingerprint density at radius 3 is 2.73 bits per heavy atom. The predicted molar refractivity (Wildman–Crippen MR) is 140 cm³/mol. The Morgan fingerprint density at radius 1 is 1.27 bits per heavy atom. The van der Waals surface area contributed by atoms with Crippen LogP contribution in [0.1, 0.15) is 55.2 Å². The Kier molecular flexibility index (Phi) is 6.43. The van der Waals surface area contributed by atoms with Crippen LogP contribution < -0.4 is 10.1 Å². The van der Waals surface area contributed by atoms with Gasteiger partial charge in [-0.2, -0.15) is 0 Å². The van der Waals surface area contributed by atoms with Crippen LogP contribution in [0.3, 0.4) is 0 Å². The number of amides is 2. The lowest BCUT2D eigenvalue weighted by Gasteiger charge is -2.26. The highest BCUT2D eigenvalue weighted by Crippen LogP contribution is 2.37. The zero-order chi connectivity index (χ0) is 26.5. The van der Waals surface area contributed by atoms with Gasteiger partial charge in [0.2, 0.25) is 0 Å². The Morgan fingerprint density at radius 2 is 2.03 bits per heavy atom. The summed E-state index contributed by atoms with van der Waals surface area (Å²) >= 11 is 0. The third-order valence-electron chi connectivity index (χ3n) is 7.48. The van der Waals surface area contributed by atoms with E-state index in [1.54, 1.807) is 4.90 Å². The van der Waals surface area contributed by atoms with Crippen LogP contribution in [-0.2, 0) is 4.79 Å². The summed E-state index contributed by atoms with van der Waals surface area (Å²) < 4.78 is 6.16. The zero-order valence-corrected chi connectivity index (χ0v) is 22.1. The highest BCUT2D eigenvalue weighted by atomic mass is 16.5. The molecule has 0 radical (unpaired) electrons. The number of rotatable bonds is 7. The number of carbonyl (C=O) groups excluding carboxylic acids is 2. The third kappa shape index (κ3) is 4.92. The van der Waals surface area contributed by atoms with Crippen molar-refractivity contribution in [3.8, 4) is 17.0 Å². The summed E-state index contributed by atoms with van der Waals surface area (Å²) in [5, 5.41) is 12.9. The number of carbonyl (C=O) groups is 2. The van der Waals surface area contributed by atoms with E-state index in [2.05, 4.69) is 26.3 Å². The lowest BCUT2D eigenvalue weighted by atomic mass is 9.87. The number of benzene rings is 1. The third-order valence-corrected chi connectivity index (χ3v) is 7.48. The van der Waals surface area contributed by atoms with Gasteiger partial charge in [-0.3, -0.25) is 9.59 Å². The molecule has 9 heteroatoms. The smallest absolute Gasteiger partial charge is 0.255 e. The molecular formula is C28H35N5O4. The van der Waals surface area contributed by atoms with Crippen molar-refractivity contribution in [2.45, 2.75) is 59.6 Å². The molecule has 3 heterocycles. The van der Waals surface area contributed by atoms with Gasteiger partial charge >= 0.3 is 0 Å². The number of nitrogens with one attached hydrogen (secondary N) is 2. The van der Waals surface area contributed by atoms with E-state index < -0.39 is 6.10 Å². The average molecular weight is 506 g/mol. The van der Waals surface area contributed by atoms with Gasteiger partial charge in [0.05, 0.1) is 23.7 Å². The Bertz CT molecular complexity index is 1360. The first-order chi connectivity index (χ1) is 17.5. The van der Waals surface area contributed by atoms with Crippen LogP contribution in [0.4, 0.5) is 0 Å². The van der Waals surface area contributed by atoms with Crippen LogP contribution in [0.2, 0.25) is 0 Å². The maximum Gasteiger partial charge on any atom is 0.255 e. The number of aliphatic hydroxyl groups excluding tert-OH is 1. The number of nitrogens with zero attached hydrogens (tertiary/aromatic N) is 3. The van der Waals surface area contributed by atoms with Crippen molar-refractivity contribution >= 4 is 22.8 Å². The standard InChI is InChI=1S/C28H35N5O4/c1-15-6-9-20(37-12-18-7-8-18)19(10-15)23-25-24(30-14-29-23)22(16(2)31-25)26(35)32-21-11-33(13-28(21,4)5)27(36)17(3)34/h6,9-10,14,17-18,21,31,34H,7-8,11-13H2,1-5H3,(H,32,35)/t17-,21?/m0/s1. The first kappa shape index (κ1) is 25.2. The molecule has 3 aromatic rings. The molecule has 2 fully saturated rings. The minimum absolute atomic E-state index is 0.257. The maximum atomic E-state index is 13.6. The highest BCUT2D eigenvalue weighted by molar-refractivity contribution is 6.09. The number of likely N-dealkylation sites (tertiary alicyclic amines) is 1. The number of aryl methyl sites for hydroxylation is 2. The number of aromatic amines is 1. The monoisotopic (exact) mass is 505 g/mol. The molecule has 9 nitrogen and oxygen atoms in total. The normalized spacial score (nSPS) is 19.7. The van der Waals surface area contributed by atoms with Gasteiger partial charge in [0.25, 0.3) is 11.8 Å². The number of hydrogen-bond acceptors (Lipinski definition) is 6. The highest BCUT2D eigenvalue weighted by Gasteiger charge is 2.43. The quantitative estimate of drug-likeness (QED) is 0.453. The van der Waals surface area contributed by atoms with E-state index in [1.807, 2.05) is 39.8 Å². The maximum absolute atomic E-state index is 13.6. The number of H-pyrrole nitrogens is 1. The van der Waals surface area contributed by atoms with Gasteiger partial charge in [-0.05, 0) is 51.7 Å². The Balaban J connectivity index is 1.46. The molecule has 5 rings (SSSR count). The van der Waals surface area contributed by atoms with Crippen molar-refractivity contribution < 1.29 is 19.4 Å². The van der Waals surface area contributed by atoms with Crippen molar-refractivity contribution in [2.24, 2.45) is 11.3 Å². The molecule has 1 saturated heterocycles. The first-order valence-corrected chi connectivity index (χ1v) is 12.9. The summed E-state index contributed by atoms with van der Waals surface area (Å²) in [7, 11) is 0. The van der Waals surface area contributed by atoms with Gasteiger partial charge in [-0.1, -0.05) is 25.5 Å². The van der Waals surface area contributed by atoms with Gasteiger partial charge in [0.15, 0.2) is 0 Å². The fraction of sp³-hybridized carbons (Fsp3) is 0.500. The van der Waals surface area contributed by atoms with Crippen molar-refractivity contribution in [2.75, 3.05) is 19.7 Å². The molecule has 2 amide bonds. The minimum atomic E-state index is -1.07. The van der Waals surface area contributed by atoms with Gasteiger partial charge in [-0.15, -0.1) is 0 Å². The lowest BCUT2D eigenvalue weighted by molar-refractivity contribution is -0.138. The summed E-state index contributed by atoms with van der Waals surface area (Å²) in [6.07, 6.45) is 2.82. The van der Waals surface area contributed by atoms with Crippen LogP contribution in [0.5, 0.6) is 5.75 Å². The molecule has 2 aromatic heterocycles. The van der Waals surface area contributed by atoms with Crippen molar-refractivity contribution in [3.05, 3.63) is 41.3 Å². The number of fused-ring (bicyclic) bond motifs is 1. The van der Waals surface area contributed by atoms with Crippen LogP contribution in [-0.4, -0.2) is 68.6 Å². The summed E-state index contributed by atoms with van der Waals surface area (Å²) in [5.41, 5.74) is 4.67. The molecule has 2 aliphatic rings. The second-order valence-electron chi connectivity index (χ2n) is 11.2. The first-order valence-electron chi connectivity index (χ1n) is 12.9. The fourth-order valence-electron chi connectivity index (χ4n) is 5.09. The summed E-state index contributed by atoms with van der Waals surface area (Å²) in [5.74, 6) is 0.802. The average Bonchev–Trinajstić information content (AvgIpc) is 3.54. The van der Waals surface area contributed by atoms with E-state index >= 15 is 0 Å². The van der Waals surface area contributed by atoms with Crippen LogP contribution >= 0.6 is 0 Å². The Hall–Kier alpha value is -3.46. The molecule has 37 heavy (non-hydrogen) atoms. The van der Waals surface area contributed by atoms with E-state index in [9.17, 15) is 14.7 Å². The van der Waals surface area contributed by atoms with E-state index in [0.29, 0.717) is 53.6 Å². The number of aromatic nitrogens is 3. The minimum Gasteiger partial charge on any atom is -0.493 e. The van der Waals surface area contributed by atoms with E-state index in [4.69, 9.17) is 4.74 Å². The van der Waals surface area contributed by atoms with Gasteiger partial charge in [0.1, 0.15) is 29.4 Å². The molecule has 0 spiro atoms. The van der Waals surface area contributed by atoms with Gasteiger partial charge in [0, 0.05) is 29.8 Å². The van der Waals surface area contributed by atoms with Crippen LogP contribution in [0.25, 0.3) is 22.3 Å². The van der Waals surface area contributed by atoms with E-state index in [-0.39, 0.29) is 23.3 Å². The van der Waals surface area contributed by atoms with E-state index in [0.717, 1.165) is 16.9 Å². The topological polar surface area (TPSA) is 120 Å². The van der Waals surface area contributed by atoms with Gasteiger partial charge < -0.3 is 25.0 Å². The number of aliphatic hydroxyl groups is 1. The fourth-order valence-corrected chi connectivity index (χ4v) is 5.09. The largest absolute Gasteiger partial charge is 0.493 e. The van der Waals surface area contributed by atoms with Crippen molar-refractivity contribution in [1.82, 2.24) is 25.2 Å². The summed E-state index contributed by atoms with van der Waals surface area (Å²) in [6, 6.07) is 5.78. The van der Waals surface area contributed by atoms with Crippen LogP contribution in [0, 0.1) is 25.2 Å². The van der Waals surface area contributed by atoms with Crippen molar-refractivity contribution in [3.63, 3.8) is 0 Å². The zero-order valence-electron chi connectivity index (χ0n) is 22.1. The summed E-state index contributed by atoms with van der Waals surface area (Å²) in [4.78, 5) is 40.0. The molecule has 1 aliphatic heterocycles. The predicted octanol–water partition coefficient (Wildman–Crippen LogP) is 3.38. The number of hydrogen-bond donors (Lipinski definition) is 3. The van der Waals surface area contributed by atoms with Crippen LogP contribution in [0.15, 0.2) is 24.5 Å². The molecule has 0 bridgehead atoms. The van der Waals surface area contributed by atoms with Crippen molar-refractivity contribution in [1.29, 1.82) is 0 Å². The number of ether oxygens (including phenoxy) is 1. The molecule has 1 saturated carbocycles. The summed E-state index contributed by atoms with van der Waals surface area (Å²) in [6.45, 7) is 10.8. The molecule has 1 aromatic carbocycles. The molecule has 3 N–H and O–H groups in total. The molecule has 1 unspecified atom stereocenters. The van der Waals surface area contributed by atoms with Gasteiger partial charge in [-0.25, -0.2) is 9.97 Å². The molecule has 1 aliphatic carbocycles. The Labute approximate surface area is 216 Å². The lowest BCUT2D eigenvalue weighted by Crippen LogP contribution is -2.44.